The van der Waals surface area contributed by atoms with E-state index in [1.165, 1.54) is 7.11 Å². The third-order valence-electron chi connectivity index (χ3n) is 4.21. The van der Waals surface area contributed by atoms with E-state index in [1.807, 2.05) is 0 Å². The highest BCUT2D eigenvalue weighted by Crippen LogP contribution is 2.38. The molecule has 2 aromatic carbocycles. The van der Waals surface area contributed by atoms with Crippen molar-refractivity contribution in [2.24, 2.45) is 0 Å². The quantitative estimate of drug-likeness (QED) is 0.307. The number of rotatable bonds is 7. The lowest BCUT2D eigenvalue weighted by Gasteiger charge is -2.12. The van der Waals surface area contributed by atoms with Gasteiger partial charge < -0.3 is 14.8 Å². The minimum atomic E-state index is -0.659. The van der Waals surface area contributed by atoms with Crippen LogP contribution >= 0.6 is 34.8 Å². The molecule has 156 valence electrons. The molecule has 0 radical (unpaired) electrons. The zero-order valence-electron chi connectivity index (χ0n) is 15.9. The van der Waals surface area contributed by atoms with Crippen molar-refractivity contribution >= 4 is 57.6 Å². The second-order valence-electron chi connectivity index (χ2n) is 6.21. The minimum Gasteiger partial charge on any atom is -0.452 e. The molecule has 0 unspecified atom stereocenters. The van der Waals surface area contributed by atoms with E-state index in [4.69, 9.17) is 44.3 Å². The first-order valence-electron chi connectivity index (χ1n) is 8.88. The van der Waals surface area contributed by atoms with Crippen LogP contribution in [0.4, 0.5) is 0 Å². The van der Waals surface area contributed by atoms with Crippen LogP contribution in [0.3, 0.4) is 0 Å². The summed E-state index contributed by atoms with van der Waals surface area (Å²) < 4.78 is 10.1. The van der Waals surface area contributed by atoms with E-state index < -0.39 is 18.5 Å². The Kier molecular flexibility index (Phi) is 7.50. The number of ether oxygens (including phenoxy) is 2. The molecular weight excluding hydrogens is 451 g/mol. The summed E-state index contributed by atoms with van der Waals surface area (Å²) in [5, 5.41) is 3.90. The Morgan fingerprint density at radius 2 is 1.83 bits per heavy atom. The zero-order chi connectivity index (χ0) is 21.7. The summed E-state index contributed by atoms with van der Waals surface area (Å²) in [7, 11) is 1.53. The lowest BCUT2D eigenvalue weighted by molar-refractivity contribution is -0.124. The monoisotopic (exact) mass is 466 g/mol. The number of methoxy groups -OCH3 is 1. The second-order valence-corrected chi connectivity index (χ2v) is 7.38. The Morgan fingerprint density at radius 1 is 1.07 bits per heavy atom. The minimum absolute atomic E-state index is 0.197. The van der Waals surface area contributed by atoms with Crippen molar-refractivity contribution in [3.8, 4) is 11.3 Å². The number of para-hydroxylation sites is 1. The Hall–Kier alpha value is -2.38. The van der Waals surface area contributed by atoms with Crippen molar-refractivity contribution in [3.63, 3.8) is 0 Å². The number of carbonyl (C=O) groups is 2. The van der Waals surface area contributed by atoms with Crippen molar-refractivity contribution < 1.29 is 19.1 Å². The predicted molar refractivity (Wildman–Crippen MR) is 117 cm³/mol. The molecule has 1 aromatic heterocycles. The van der Waals surface area contributed by atoms with Crippen molar-refractivity contribution in [2.45, 2.75) is 0 Å². The highest BCUT2D eigenvalue weighted by molar-refractivity contribution is 6.49. The zero-order valence-corrected chi connectivity index (χ0v) is 18.1. The number of amides is 1. The van der Waals surface area contributed by atoms with Gasteiger partial charge in [-0.15, -0.1) is 0 Å². The normalized spacial score (nSPS) is 10.8. The number of benzene rings is 2. The Balaban J connectivity index is 1.93. The van der Waals surface area contributed by atoms with Gasteiger partial charge in [0.25, 0.3) is 5.91 Å². The molecule has 0 spiro atoms. The molecule has 0 aliphatic heterocycles. The van der Waals surface area contributed by atoms with Crippen LogP contribution in [0.2, 0.25) is 15.1 Å². The molecular formula is C21H17Cl3N2O4. The number of halogens is 3. The first-order valence-corrected chi connectivity index (χ1v) is 10.0. The topological polar surface area (TPSA) is 77.5 Å². The highest BCUT2D eigenvalue weighted by Gasteiger charge is 2.19. The van der Waals surface area contributed by atoms with Gasteiger partial charge in [0.2, 0.25) is 0 Å². The van der Waals surface area contributed by atoms with Crippen LogP contribution in [0.1, 0.15) is 10.4 Å². The van der Waals surface area contributed by atoms with Crippen LogP contribution in [0.15, 0.2) is 42.5 Å². The summed E-state index contributed by atoms with van der Waals surface area (Å²) >= 11 is 18.5. The summed E-state index contributed by atoms with van der Waals surface area (Å²) in [6.45, 7) is 0.273. The van der Waals surface area contributed by atoms with E-state index in [2.05, 4.69) is 10.3 Å². The highest BCUT2D eigenvalue weighted by atomic mass is 35.5. The van der Waals surface area contributed by atoms with Crippen LogP contribution in [0.5, 0.6) is 0 Å². The Bertz CT molecular complexity index is 1110. The molecule has 1 amide bonds. The van der Waals surface area contributed by atoms with Gasteiger partial charge in [-0.25, -0.2) is 9.78 Å². The molecule has 9 heteroatoms. The lowest BCUT2D eigenvalue weighted by atomic mass is 10.0. The average Bonchev–Trinajstić information content (AvgIpc) is 2.75. The SMILES string of the molecule is COCCNC(=O)COC(=O)c1cc(-c2ccc(Cl)c(Cl)c2Cl)nc2ccccc12. The molecule has 0 saturated heterocycles. The largest absolute Gasteiger partial charge is 0.452 e. The van der Waals surface area contributed by atoms with Crippen molar-refractivity contribution in [2.75, 3.05) is 26.9 Å². The van der Waals surface area contributed by atoms with Gasteiger partial charge in [-0.2, -0.15) is 0 Å². The fourth-order valence-electron chi connectivity index (χ4n) is 2.76. The van der Waals surface area contributed by atoms with E-state index >= 15 is 0 Å². The summed E-state index contributed by atoms with van der Waals surface area (Å²) in [5.41, 5.74) is 1.76. The lowest BCUT2D eigenvalue weighted by Crippen LogP contribution is -2.31. The molecule has 1 heterocycles. The first kappa shape index (κ1) is 22.3. The standard InChI is InChI=1S/C21H17Cl3N2O4/c1-29-9-8-25-18(27)11-30-21(28)14-10-17(26-16-5-3-2-4-12(14)16)13-6-7-15(22)20(24)19(13)23/h2-7,10H,8-9,11H2,1H3,(H,25,27). The number of nitrogens with one attached hydrogen (secondary N) is 1. The van der Waals surface area contributed by atoms with Crippen LogP contribution in [-0.4, -0.2) is 43.7 Å². The molecule has 3 aromatic rings. The maximum atomic E-state index is 12.7. The third-order valence-corrected chi connectivity index (χ3v) is 5.50. The molecule has 3 rings (SSSR count). The van der Waals surface area contributed by atoms with E-state index in [1.54, 1.807) is 42.5 Å². The number of esters is 1. The van der Waals surface area contributed by atoms with Crippen molar-refractivity contribution in [1.29, 1.82) is 0 Å². The number of fused-ring (bicyclic) bond motifs is 1. The van der Waals surface area contributed by atoms with Crippen LogP contribution < -0.4 is 5.32 Å². The van der Waals surface area contributed by atoms with Gasteiger partial charge in [-0.05, 0) is 24.3 Å². The van der Waals surface area contributed by atoms with Crippen LogP contribution in [-0.2, 0) is 14.3 Å². The number of hydrogen-bond acceptors (Lipinski definition) is 5. The third kappa shape index (κ3) is 5.02. The van der Waals surface area contributed by atoms with E-state index in [0.717, 1.165) is 0 Å². The molecule has 0 saturated carbocycles. The second kappa shape index (κ2) is 10.1. The first-order chi connectivity index (χ1) is 14.4. The molecule has 0 aliphatic rings. The number of pyridine rings is 1. The smallest absolute Gasteiger partial charge is 0.339 e. The molecule has 0 bridgehead atoms. The molecule has 30 heavy (non-hydrogen) atoms. The molecule has 6 nitrogen and oxygen atoms in total. The average molecular weight is 468 g/mol. The summed E-state index contributed by atoms with van der Waals surface area (Å²) in [6.07, 6.45) is 0. The summed E-state index contributed by atoms with van der Waals surface area (Å²) in [4.78, 5) is 29.1. The Morgan fingerprint density at radius 3 is 2.60 bits per heavy atom. The number of hydrogen-bond donors (Lipinski definition) is 1. The predicted octanol–water partition coefficient (Wildman–Crippen LogP) is 4.78. The molecule has 1 N–H and O–H groups in total. The summed E-state index contributed by atoms with van der Waals surface area (Å²) in [5.74, 6) is -1.08. The van der Waals surface area contributed by atoms with Gasteiger partial charge in [-0.3, -0.25) is 4.79 Å². The van der Waals surface area contributed by atoms with Gasteiger partial charge in [0.1, 0.15) is 0 Å². The van der Waals surface area contributed by atoms with Crippen LogP contribution in [0, 0.1) is 0 Å². The van der Waals surface area contributed by atoms with E-state index in [0.29, 0.717) is 40.3 Å². The fraction of sp³-hybridized carbons (Fsp3) is 0.190. The van der Waals surface area contributed by atoms with Gasteiger partial charge in [0, 0.05) is 24.6 Å². The van der Waals surface area contributed by atoms with E-state index in [-0.39, 0.29) is 15.6 Å². The maximum Gasteiger partial charge on any atom is 0.339 e. The Labute approximate surface area is 188 Å². The number of carbonyl (C=O) groups excluding carboxylic acids is 2. The van der Waals surface area contributed by atoms with Crippen molar-refractivity contribution in [1.82, 2.24) is 10.3 Å². The van der Waals surface area contributed by atoms with Crippen molar-refractivity contribution in [3.05, 3.63) is 63.1 Å². The number of aromatic nitrogens is 1. The van der Waals surface area contributed by atoms with Gasteiger partial charge in [-0.1, -0.05) is 53.0 Å². The molecule has 0 aliphatic carbocycles. The van der Waals surface area contributed by atoms with E-state index in [9.17, 15) is 9.59 Å². The molecule has 0 atom stereocenters. The van der Waals surface area contributed by atoms with Gasteiger partial charge in [0.05, 0.1) is 38.4 Å². The molecule has 0 fully saturated rings. The van der Waals surface area contributed by atoms with Gasteiger partial charge >= 0.3 is 5.97 Å². The van der Waals surface area contributed by atoms with Gasteiger partial charge in [0.15, 0.2) is 6.61 Å². The maximum absolute atomic E-state index is 12.7. The summed E-state index contributed by atoms with van der Waals surface area (Å²) in [6, 6.07) is 11.9. The number of nitrogens with zero attached hydrogens (tertiary/aromatic N) is 1. The van der Waals surface area contributed by atoms with Crippen LogP contribution in [0.25, 0.3) is 22.2 Å². The fourth-order valence-corrected chi connectivity index (χ4v) is 3.39.